The average molecular weight is 732 g/mol. The molecule has 6 heterocycles. The van der Waals surface area contributed by atoms with Gasteiger partial charge in [-0.1, -0.05) is 25.8 Å². The molecule has 0 radical (unpaired) electrons. The van der Waals surface area contributed by atoms with Crippen LogP contribution in [0.4, 0.5) is 19.0 Å². The van der Waals surface area contributed by atoms with Crippen LogP contribution in [-0.2, 0) is 33.5 Å². The van der Waals surface area contributed by atoms with Gasteiger partial charge in [0.15, 0.2) is 5.78 Å². The van der Waals surface area contributed by atoms with Crippen LogP contribution in [-0.4, -0.2) is 76.7 Å². The molecule has 0 aromatic carbocycles. The zero-order valence-corrected chi connectivity index (χ0v) is 29.9. The maximum absolute atomic E-state index is 14.5. The van der Waals surface area contributed by atoms with Crippen molar-refractivity contribution >= 4 is 40.2 Å². The molecular weight excluding hydrogens is 691 g/mol. The maximum atomic E-state index is 14.5. The molecule has 0 spiro atoms. The normalized spacial score (nSPS) is 23.7. The van der Waals surface area contributed by atoms with Crippen LogP contribution in [0.25, 0.3) is 22.2 Å². The fourth-order valence-electron chi connectivity index (χ4n) is 8.05. The summed E-state index contributed by atoms with van der Waals surface area (Å²) in [6, 6.07) is 2.32. The molecule has 2 bridgehead atoms. The van der Waals surface area contributed by atoms with Gasteiger partial charge >= 0.3 is 6.18 Å². The predicted molar refractivity (Wildman–Crippen MR) is 186 cm³/mol. The molecule has 3 aliphatic rings. The smallest absolute Gasteiger partial charge is 0.355 e. The van der Waals surface area contributed by atoms with E-state index in [1.807, 2.05) is 6.92 Å². The zero-order valence-electron chi connectivity index (χ0n) is 29.9. The second-order valence-corrected chi connectivity index (χ2v) is 14.5. The van der Waals surface area contributed by atoms with Crippen molar-refractivity contribution in [2.24, 2.45) is 11.3 Å². The first-order valence-corrected chi connectivity index (χ1v) is 17.8. The van der Waals surface area contributed by atoms with E-state index in [2.05, 4.69) is 30.7 Å². The van der Waals surface area contributed by atoms with Crippen LogP contribution in [0.1, 0.15) is 85.6 Å². The van der Waals surface area contributed by atoms with Gasteiger partial charge in [-0.05, 0) is 63.1 Å². The molecule has 2 aliphatic heterocycles. The lowest BCUT2D eigenvalue weighted by Crippen LogP contribution is -2.47. The van der Waals surface area contributed by atoms with Crippen LogP contribution in [0.15, 0.2) is 30.6 Å². The molecule has 16 heteroatoms. The van der Waals surface area contributed by atoms with E-state index in [9.17, 15) is 32.3 Å². The second-order valence-electron chi connectivity index (χ2n) is 14.5. The first-order chi connectivity index (χ1) is 25.2. The van der Waals surface area contributed by atoms with E-state index in [-0.39, 0.29) is 48.6 Å². The topological polar surface area (TPSA) is 165 Å². The lowest BCUT2D eigenvalue weighted by atomic mass is 9.95. The lowest BCUT2D eigenvalue weighted by molar-refractivity contribution is -0.141. The van der Waals surface area contributed by atoms with E-state index in [1.165, 1.54) is 29.5 Å². The van der Waals surface area contributed by atoms with Crippen molar-refractivity contribution < 1.29 is 32.3 Å². The molecule has 1 aliphatic carbocycles. The van der Waals surface area contributed by atoms with Gasteiger partial charge in [0.1, 0.15) is 35.6 Å². The third-order valence-electron chi connectivity index (χ3n) is 11.0. The Morgan fingerprint density at radius 1 is 1.02 bits per heavy atom. The Hall–Kier alpha value is -5.28. The predicted octanol–water partition coefficient (Wildman–Crippen LogP) is 4.99. The highest BCUT2D eigenvalue weighted by molar-refractivity contribution is 6.06. The average Bonchev–Trinajstić information content (AvgIpc) is 3.37. The van der Waals surface area contributed by atoms with Crippen LogP contribution in [0.3, 0.4) is 0 Å². The number of alkyl halides is 3. The Kier molecular flexibility index (Phi) is 9.27. The largest absolute Gasteiger partial charge is 0.433 e. The van der Waals surface area contributed by atoms with Crippen LogP contribution in [0.5, 0.6) is 0 Å². The lowest BCUT2D eigenvalue weighted by Gasteiger charge is -2.28. The van der Waals surface area contributed by atoms with Gasteiger partial charge in [-0.25, -0.2) is 15.0 Å². The number of hydrogen-bond acceptors (Lipinski definition) is 9. The van der Waals surface area contributed by atoms with Crippen LogP contribution in [0.2, 0.25) is 0 Å². The van der Waals surface area contributed by atoms with Crippen LogP contribution >= 0.6 is 0 Å². The van der Waals surface area contributed by atoms with Gasteiger partial charge in [0.2, 0.25) is 17.7 Å². The Balaban J connectivity index is 1.30. The Labute approximate surface area is 303 Å². The van der Waals surface area contributed by atoms with E-state index in [4.69, 9.17) is 4.98 Å². The number of aryl methyl sites for hydroxylation is 3. The quantitative estimate of drug-likeness (QED) is 0.275. The first kappa shape index (κ1) is 36.1. The van der Waals surface area contributed by atoms with E-state index >= 15 is 0 Å². The van der Waals surface area contributed by atoms with E-state index in [1.54, 1.807) is 25.4 Å². The summed E-state index contributed by atoms with van der Waals surface area (Å²) in [6.45, 7) is 6.57. The van der Waals surface area contributed by atoms with Crippen molar-refractivity contribution in [3.63, 3.8) is 0 Å². The fourth-order valence-corrected chi connectivity index (χ4v) is 8.05. The van der Waals surface area contributed by atoms with E-state index < -0.39 is 41.2 Å². The monoisotopic (exact) mass is 731 g/mol. The molecule has 7 rings (SSSR count). The number of aromatic nitrogens is 6. The summed E-state index contributed by atoms with van der Waals surface area (Å²) in [6.07, 6.45) is 2.63. The highest BCUT2D eigenvalue weighted by atomic mass is 19.4. The number of anilines is 1. The highest BCUT2D eigenvalue weighted by Gasteiger charge is 2.72. The van der Waals surface area contributed by atoms with Crippen molar-refractivity contribution in [1.29, 1.82) is 0 Å². The molecule has 13 nitrogen and oxygen atoms in total. The number of halogens is 3. The van der Waals surface area contributed by atoms with E-state index in [0.29, 0.717) is 58.5 Å². The van der Waals surface area contributed by atoms with Gasteiger partial charge in [-0.2, -0.15) is 18.3 Å². The number of piperidine rings is 1. The van der Waals surface area contributed by atoms with Crippen molar-refractivity contribution in [3.05, 3.63) is 59.1 Å². The van der Waals surface area contributed by atoms with Gasteiger partial charge < -0.3 is 15.5 Å². The van der Waals surface area contributed by atoms with Gasteiger partial charge in [0, 0.05) is 54.7 Å². The van der Waals surface area contributed by atoms with Gasteiger partial charge in [-0.15, -0.1) is 0 Å². The number of carbonyl (C=O) groups excluding carboxylic acids is 4. The first-order valence-electron chi connectivity index (χ1n) is 17.8. The number of nitrogens with zero attached hydrogens (tertiary/aromatic N) is 7. The van der Waals surface area contributed by atoms with Gasteiger partial charge in [0.25, 0.3) is 0 Å². The minimum Gasteiger partial charge on any atom is -0.355 e. The van der Waals surface area contributed by atoms with Gasteiger partial charge in [-0.3, -0.25) is 28.8 Å². The molecule has 1 saturated heterocycles. The maximum Gasteiger partial charge on any atom is 0.433 e. The molecule has 1 saturated carbocycles. The zero-order chi connectivity index (χ0) is 37.8. The number of Topliss-reactive ketones (excluding diaryl/α,β-unsaturated/α-hetero) is 1. The number of rotatable bonds is 4. The second kappa shape index (κ2) is 13.6. The Morgan fingerprint density at radius 2 is 1.74 bits per heavy atom. The number of ketones is 1. The summed E-state index contributed by atoms with van der Waals surface area (Å²) in [4.78, 5) is 73.2. The minimum atomic E-state index is -4.73. The molecule has 4 aromatic rings. The number of carbonyl (C=O) groups is 4. The van der Waals surface area contributed by atoms with Crippen molar-refractivity contribution in [3.8, 4) is 11.3 Å². The summed E-state index contributed by atoms with van der Waals surface area (Å²) in [5, 5.41) is 10.7. The summed E-state index contributed by atoms with van der Waals surface area (Å²) in [5.41, 5.74) is 1.07. The molecule has 2 N–H and O–H groups in total. The number of hydrogen-bond donors (Lipinski definition) is 2. The Bertz CT molecular complexity index is 2130. The third kappa shape index (κ3) is 6.74. The molecule has 1 unspecified atom stereocenters. The summed E-state index contributed by atoms with van der Waals surface area (Å²) >= 11 is 0. The van der Waals surface area contributed by atoms with E-state index in [0.717, 1.165) is 25.3 Å². The standard InChI is InChI=1S/C37H40F3N9O4/c1-19-11-12-28(37(38,39)40)45-34(19)46-35(53)27-14-36-18-43-29(51)10-8-6-5-7-9-25-32-24(13-26(44-25)23-15-41-22(4)42-16-23)31(21(3)50)47-48(32)17-30(52)49(27)33(36)20(36)2/h11-13,15-16,20,27,33H,5-10,14,17-18H2,1-4H3,(H,43,51)(H,45,46,53)/t20-,27-,33?,36+/m0/s1. The van der Waals surface area contributed by atoms with Crippen molar-refractivity contribution in [1.82, 2.24) is 39.9 Å². The summed E-state index contributed by atoms with van der Waals surface area (Å²) in [7, 11) is 0. The molecule has 3 amide bonds. The van der Waals surface area contributed by atoms with Crippen LogP contribution < -0.4 is 10.6 Å². The van der Waals surface area contributed by atoms with Crippen LogP contribution in [0, 0.1) is 25.2 Å². The number of amides is 3. The van der Waals surface area contributed by atoms with Gasteiger partial charge in [0.05, 0.1) is 16.9 Å². The van der Waals surface area contributed by atoms with Crippen molar-refractivity contribution in [2.45, 2.75) is 97.4 Å². The molecular formula is C37H40F3N9O4. The minimum absolute atomic E-state index is 0.0817. The number of pyridine rings is 2. The Morgan fingerprint density at radius 3 is 2.43 bits per heavy atom. The number of nitrogens with one attached hydrogen (secondary N) is 2. The third-order valence-corrected chi connectivity index (χ3v) is 11.0. The molecule has 278 valence electrons. The molecule has 2 fully saturated rings. The summed E-state index contributed by atoms with van der Waals surface area (Å²) in [5.74, 6) is -1.32. The molecule has 53 heavy (non-hydrogen) atoms. The molecule has 4 atom stereocenters. The van der Waals surface area contributed by atoms with Crippen molar-refractivity contribution in [2.75, 3.05) is 11.9 Å². The fraction of sp³-hybridized carbons (Fsp3) is 0.486. The highest BCUT2D eigenvalue weighted by Crippen LogP contribution is 2.64. The molecule has 4 aromatic heterocycles. The summed E-state index contributed by atoms with van der Waals surface area (Å²) < 4.78 is 42.1. The SMILES string of the molecule is CC(=O)c1nn2c3c(nc(-c4cnc(C)nc4)cc13)CCCCCCC(=O)NC[C@@]13C[C@@H](C(=O)Nc4nc(C(F)(F)F)ccc4C)N(C(=O)C2)C1[C@@H]3C.